The number of benzene rings is 2. The molecule has 1 atom stereocenters. The van der Waals surface area contributed by atoms with Crippen molar-refractivity contribution in [3.63, 3.8) is 0 Å². The summed E-state index contributed by atoms with van der Waals surface area (Å²) >= 11 is 0. The molecule has 4 bridgehead atoms. The van der Waals surface area contributed by atoms with Crippen LogP contribution in [-0.4, -0.2) is 23.9 Å². The zero-order valence-corrected chi connectivity index (χ0v) is 21.5. The number of barbiturate groups is 1. The molecule has 5 fully saturated rings. The third-order valence-corrected chi connectivity index (χ3v) is 8.98. The molecule has 2 aromatic rings. The smallest absolute Gasteiger partial charge is 0.335 e. The van der Waals surface area contributed by atoms with Crippen molar-refractivity contribution in [1.82, 2.24) is 5.32 Å². The Labute approximate surface area is 218 Å². The Morgan fingerprint density at radius 2 is 1.54 bits per heavy atom. The maximum absolute atomic E-state index is 13.4. The van der Waals surface area contributed by atoms with Crippen molar-refractivity contribution in [3.05, 3.63) is 65.2 Å². The Bertz CT molecular complexity index is 1230. The zero-order valence-electron chi connectivity index (χ0n) is 21.5. The van der Waals surface area contributed by atoms with E-state index in [1.165, 1.54) is 50.2 Å². The van der Waals surface area contributed by atoms with Gasteiger partial charge in [0.25, 0.3) is 11.8 Å². The summed E-state index contributed by atoms with van der Waals surface area (Å²) in [4.78, 5) is 39.7. The van der Waals surface area contributed by atoms with E-state index in [0.717, 1.165) is 34.8 Å². The number of ether oxygens (including phenoxy) is 1. The van der Waals surface area contributed by atoms with Gasteiger partial charge in [0, 0.05) is 0 Å². The molecular weight excluding hydrogens is 464 g/mol. The van der Waals surface area contributed by atoms with Crippen LogP contribution in [0, 0.1) is 17.8 Å². The van der Waals surface area contributed by atoms with Gasteiger partial charge in [-0.2, -0.15) is 0 Å². The van der Waals surface area contributed by atoms with Gasteiger partial charge in [-0.05, 0) is 117 Å². The van der Waals surface area contributed by atoms with Crippen LogP contribution in [0.25, 0.3) is 6.08 Å². The van der Waals surface area contributed by atoms with Crippen molar-refractivity contribution in [2.75, 3.05) is 4.90 Å². The summed E-state index contributed by atoms with van der Waals surface area (Å²) in [6, 6.07) is 14.4. The highest BCUT2D eigenvalue weighted by Crippen LogP contribution is 2.60. The Morgan fingerprint density at radius 1 is 0.946 bits per heavy atom. The number of urea groups is 1. The summed E-state index contributed by atoms with van der Waals surface area (Å²) in [6.45, 7) is 4.06. The summed E-state index contributed by atoms with van der Waals surface area (Å²) in [7, 11) is 0. The first-order valence-electron chi connectivity index (χ1n) is 13.6. The zero-order chi connectivity index (χ0) is 25.7. The predicted octanol–water partition coefficient (Wildman–Crippen LogP) is 6.00. The maximum Gasteiger partial charge on any atom is 0.335 e. The van der Waals surface area contributed by atoms with Crippen LogP contribution in [0.4, 0.5) is 10.5 Å². The first-order chi connectivity index (χ1) is 17.8. The van der Waals surface area contributed by atoms with Gasteiger partial charge in [0.1, 0.15) is 11.3 Å². The maximum atomic E-state index is 13.4. The van der Waals surface area contributed by atoms with Gasteiger partial charge in [0.05, 0.1) is 11.8 Å². The number of hydrogen-bond acceptors (Lipinski definition) is 4. The Kier molecular flexibility index (Phi) is 5.93. The van der Waals surface area contributed by atoms with Crippen LogP contribution in [0.3, 0.4) is 0 Å². The number of rotatable bonds is 6. The normalized spacial score (nSPS) is 30.5. The lowest BCUT2D eigenvalue weighted by atomic mass is 9.48. The molecule has 1 saturated heterocycles. The Morgan fingerprint density at radius 3 is 2.11 bits per heavy atom. The van der Waals surface area contributed by atoms with Crippen LogP contribution in [0.5, 0.6) is 5.75 Å². The fourth-order valence-corrected chi connectivity index (χ4v) is 7.45. The van der Waals surface area contributed by atoms with Gasteiger partial charge in [-0.15, -0.1) is 0 Å². The van der Waals surface area contributed by atoms with Gasteiger partial charge >= 0.3 is 6.03 Å². The van der Waals surface area contributed by atoms with Crippen LogP contribution in [0.15, 0.2) is 54.1 Å². The molecule has 0 radical (unpaired) electrons. The van der Waals surface area contributed by atoms with Gasteiger partial charge in [-0.25, -0.2) is 9.69 Å². The molecule has 4 saturated carbocycles. The highest BCUT2D eigenvalue weighted by atomic mass is 16.5. The average Bonchev–Trinajstić information content (AvgIpc) is 2.87. The fourth-order valence-electron chi connectivity index (χ4n) is 7.45. The van der Waals surface area contributed by atoms with Gasteiger partial charge in [-0.3, -0.25) is 14.9 Å². The highest BCUT2D eigenvalue weighted by molar-refractivity contribution is 6.39. The number of nitrogens with zero attached hydrogens (tertiary/aromatic N) is 1. The molecule has 1 heterocycles. The summed E-state index contributed by atoms with van der Waals surface area (Å²) in [5, 5.41) is 2.33. The number of nitrogens with one attached hydrogen (secondary N) is 1. The third kappa shape index (κ3) is 4.36. The van der Waals surface area contributed by atoms with Crippen LogP contribution in [-0.2, 0) is 15.0 Å². The number of anilines is 1. The standard InChI is InChI=1S/C31H34N2O4/c1-3-19(2)37-26-10-4-20(5-11-26)15-27-28(34)32-30(36)33(29(27)35)25-8-6-24(7-9-25)31-16-21-12-22(17-31)14-23(13-21)18-31/h4-11,15,19,21-23H,3,12-14,16-18H2,1-2H3,(H,32,34,36)/b27-15+/t19-,21?,22?,23?,31?/m1/s1. The second kappa shape index (κ2) is 9.16. The SMILES string of the molecule is CC[C@@H](C)Oc1ccc(/C=C2\C(=O)NC(=O)N(c3ccc(C45CC6CC(CC(C6)C4)C5)cc3)C2=O)cc1. The highest BCUT2D eigenvalue weighted by Gasteiger charge is 2.51. The second-order valence-electron chi connectivity index (χ2n) is 11.6. The molecule has 192 valence electrons. The van der Waals surface area contributed by atoms with Crippen molar-refractivity contribution < 1.29 is 19.1 Å². The first kappa shape index (κ1) is 24.0. The molecule has 6 heteroatoms. The number of carbonyl (C=O) groups excluding carboxylic acids is 3. The van der Waals surface area contributed by atoms with Crippen LogP contribution in [0.2, 0.25) is 0 Å². The molecule has 5 aliphatic rings. The van der Waals surface area contributed by atoms with Gasteiger partial charge in [-0.1, -0.05) is 31.2 Å². The summed E-state index contributed by atoms with van der Waals surface area (Å²) in [6.07, 6.45) is 10.4. The molecule has 6 nitrogen and oxygen atoms in total. The topological polar surface area (TPSA) is 75.7 Å². The molecule has 0 aromatic heterocycles. The van der Waals surface area contributed by atoms with Gasteiger partial charge in [0.2, 0.25) is 0 Å². The van der Waals surface area contributed by atoms with Crippen LogP contribution < -0.4 is 15.0 Å². The summed E-state index contributed by atoms with van der Waals surface area (Å²) in [5.41, 5.74) is 2.66. The van der Waals surface area contributed by atoms with E-state index in [-0.39, 0.29) is 17.1 Å². The van der Waals surface area contributed by atoms with E-state index in [0.29, 0.717) is 11.3 Å². The van der Waals surface area contributed by atoms with Gasteiger partial charge < -0.3 is 4.74 Å². The lowest BCUT2D eigenvalue weighted by molar-refractivity contribution is -0.122. The van der Waals surface area contributed by atoms with E-state index in [9.17, 15) is 14.4 Å². The largest absolute Gasteiger partial charge is 0.491 e. The molecule has 37 heavy (non-hydrogen) atoms. The number of carbonyl (C=O) groups is 3. The van der Waals surface area contributed by atoms with Crippen molar-refractivity contribution >= 4 is 29.6 Å². The van der Waals surface area contributed by atoms with E-state index in [4.69, 9.17) is 4.74 Å². The minimum Gasteiger partial charge on any atom is -0.491 e. The predicted molar refractivity (Wildman–Crippen MR) is 142 cm³/mol. The average molecular weight is 499 g/mol. The number of hydrogen-bond donors (Lipinski definition) is 1. The van der Waals surface area contributed by atoms with Crippen molar-refractivity contribution in [2.24, 2.45) is 17.8 Å². The van der Waals surface area contributed by atoms with Crippen LogP contribution in [0.1, 0.15) is 69.9 Å². The summed E-state index contributed by atoms with van der Waals surface area (Å²) < 4.78 is 5.81. The van der Waals surface area contributed by atoms with E-state index < -0.39 is 17.8 Å². The third-order valence-electron chi connectivity index (χ3n) is 8.98. The number of amides is 4. The Balaban J connectivity index is 1.23. The second-order valence-corrected chi connectivity index (χ2v) is 11.6. The minimum atomic E-state index is -0.716. The first-order valence-corrected chi connectivity index (χ1v) is 13.6. The lowest BCUT2D eigenvalue weighted by Gasteiger charge is -2.57. The number of imide groups is 2. The van der Waals surface area contributed by atoms with Crippen LogP contribution >= 0.6 is 0 Å². The molecule has 4 aliphatic carbocycles. The molecular formula is C31H34N2O4. The molecule has 4 amide bonds. The Hall–Kier alpha value is -3.41. The van der Waals surface area contributed by atoms with Crippen molar-refractivity contribution in [1.29, 1.82) is 0 Å². The molecule has 0 unspecified atom stereocenters. The van der Waals surface area contributed by atoms with Crippen molar-refractivity contribution in [3.8, 4) is 5.75 Å². The quantitative estimate of drug-likeness (QED) is 0.392. The minimum absolute atomic E-state index is 0.0691. The molecule has 1 aliphatic heterocycles. The molecule has 2 aromatic carbocycles. The van der Waals surface area contributed by atoms with E-state index in [1.807, 2.05) is 31.2 Å². The molecule has 7 rings (SSSR count). The van der Waals surface area contributed by atoms with Gasteiger partial charge in [0.15, 0.2) is 0 Å². The molecule has 0 spiro atoms. The van der Waals surface area contributed by atoms with Crippen molar-refractivity contribution in [2.45, 2.75) is 70.3 Å². The monoisotopic (exact) mass is 498 g/mol. The van der Waals surface area contributed by atoms with E-state index in [2.05, 4.69) is 24.4 Å². The molecule has 1 N–H and O–H groups in total. The van der Waals surface area contributed by atoms with E-state index >= 15 is 0 Å². The lowest BCUT2D eigenvalue weighted by Crippen LogP contribution is -2.54. The summed E-state index contributed by atoms with van der Waals surface area (Å²) in [5.74, 6) is 1.96. The fraction of sp³-hybridized carbons (Fsp3) is 0.452. The van der Waals surface area contributed by atoms with E-state index in [1.54, 1.807) is 12.1 Å².